The summed E-state index contributed by atoms with van der Waals surface area (Å²) in [6.45, 7) is 4.52. The lowest BCUT2D eigenvalue weighted by Gasteiger charge is -2.27. The molecule has 0 aliphatic heterocycles. The second-order valence-corrected chi connectivity index (χ2v) is 5.84. The van der Waals surface area contributed by atoms with E-state index in [1.807, 2.05) is 6.07 Å². The Morgan fingerprint density at radius 1 is 1.25 bits per heavy atom. The molecular weight excluding hydrogens is 250 g/mol. The summed E-state index contributed by atoms with van der Waals surface area (Å²) in [6, 6.07) is 9.01. The van der Waals surface area contributed by atoms with Crippen molar-refractivity contribution in [2.75, 3.05) is 20.3 Å². The number of hydrogen-bond acceptors (Lipinski definition) is 3. The van der Waals surface area contributed by atoms with Gasteiger partial charge in [0.05, 0.1) is 6.61 Å². The van der Waals surface area contributed by atoms with Crippen LogP contribution in [0, 0.1) is 5.92 Å². The first-order valence-corrected chi connectivity index (χ1v) is 7.72. The summed E-state index contributed by atoms with van der Waals surface area (Å²) in [5.74, 6) is 1.79. The van der Waals surface area contributed by atoms with Gasteiger partial charge in [-0.05, 0) is 36.5 Å². The molecule has 1 N–H and O–H groups in total. The number of methoxy groups -OCH3 is 1. The van der Waals surface area contributed by atoms with Crippen LogP contribution in [0.5, 0.6) is 5.75 Å². The number of nitrogens with one attached hydrogen (secondary N) is 1. The van der Waals surface area contributed by atoms with Crippen molar-refractivity contribution < 1.29 is 9.47 Å². The highest BCUT2D eigenvalue weighted by Crippen LogP contribution is 2.24. The SMILES string of the molecule is COCCOc1cccc(CNC2CCCC(C)C2)c1. The van der Waals surface area contributed by atoms with Gasteiger partial charge in [-0.15, -0.1) is 0 Å². The minimum atomic E-state index is 0.605. The van der Waals surface area contributed by atoms with Gasteiger partial charge in [0, 0.05) is 19.7 Å². The van der Waals surface area contributed by atoms with Crippen molar-refractivity contribution in [1.29, 1.82) is 0 Å². The molecule has 1 aromatic carbocycles. The molecule has 3 heteroatoms. The minimum Gasteiger partial charge on any atom is -0.491 e. The van der Waals surface area contributed by atoms with Crippen LogP contribution in [0.2, 0.25) is 0 Å². The van der Waals surface area contributed by atoms with Crippen LogP contribution in [0.4, 0.5) is 0 Å². The first-order chi connectivity index (χ1) is 9.78. The van der Waals surface area contributed by atoms with E-state index in [0.29, 0.717) is 19.3 Å². The predicted molar refractivity (Wildman–Crippen MR) is 82.1 cm³/mol. The van der Waals surface area contributed by atoms with E-state index in [4.69, 9.17) is 9.47 Å². The molecular formula is C17H27NO2. The maximum Gasteiger partial charge on any atom is 0.119 e. The second-order valence-electron chi connectivity index (χ2n) is 5.84. The highest BCUT2D eigenvalue weighted by molar-refractivity contribution is 5.28. The zero-order chi connectivity index (χ0) is 14.2. The van der Waals surface area contributed by atoms with Crippen LogP contribution >= 0.6 is 0 Å². The van der Waals surface area contributed by atoms with Gasteiger partial charge in [-0.3, -0.25) is 0 Å². The summed E-state index contributed by atoms with van der Waals surface area (Å²) >= 11 is 0. The Balaban J connectivity index is 1.78. The van der Waals surface area contributed by atoms with Crippen LogP contribution in [-0.2, 0) is 11.3 Å². The maximum atomic E-state index is 5.64. The van der Waals surface area contributed by atoms with Crippen LogP contribution in [0.25, 0.3) is 0 Å². The molecule has 112 valence electrons. The summed E-state index contributed by atoms with van der Waals surface area (Å²) in [6.07, 6.45) is 5.37. The Kier molecular flexibility index (Phi) is 6.34. The highest BCUT2D eigenvalue weighted by atomic mass is 16.5. The number of ether oxygens (including phenoxy) is 2. The average molecular weight is 277 g/mol. The fourth-order valence-electron chi connectivity index (χ4n) is 2.87. The van der Waals surface area contributed by atoms with Gasteiger partial charge >= 0.3 is 0 Å². The Labute approximate surface area is 122 Å². The Morgan fingerprint density at radius 3 is 2.95 bits per heavy atom. The molecule has 0 radical (unpaired) electrons. The van der Waals surface area contributed by atoms with E-state index in [0.717, 1.165) is 18.2 Å². The molecule has 1 aliphatic rings. The monoisotopic (exact) mass is 277 g/mol. The van der Waals surface area contributed by atoms with E-state index in [1.165, 1.54) is 31.2 Å². The fraction of sp³-hybridized carbons (Fsp3) is 0.647. The Hall–Kier alpha value is -1.06. The van der Waals surface area contributed by atoms with Gasteiger partial charge in [0.1, 0.15) is 12.4 Å². The fourth-order valence-corrected chi connectivity index (χ4v) is 2.87. The van der Waals surface area contributed by atoms with Gasteiger partial charge < -0.3 is 14.8 Å². The predicted octanol–water partition coefficient (Wildman–Crippen LogP) is 3.38. The minimum absolute atomic E-state index is 0.605. The summed E-state index contributed by atoms with van der Waals surface area (Å²) < 4.78 is 10.6. The number of rotatable bonds is 7. The molecule has 2 rings (SSSR count). The number of hydrogen-bond donors (Lipinski definition) is 1. The lowest BCUT2D eigenvalue weighted by atomic mass is 9.87. The first-order valence-electron chi connectivity index (χ1n) is 7.72. The van der Waals surface area contributed by atoms with Crippen molar-refractivity contribution in [2.24, 2.45) is 5.92 Å². The Morgan fingerprint density at radius 2 is 2.15 bits per heavy atom. The van der Waals surface area contributed by atoms with Crippen molar-refractivity contribution in [3.63, 3.8) is 0 Å². The quantitative estimate of drug-likeness (QED) is 0.775. The number of benzene rings is 1. The van der Waals surface area contributed by atoms with E-state index >= 15 is 0 Å². The molecule has 0 saturated heterocycles. The molecule has 2 atom stereocenters. The van der Waals surface area contributed by atoms with Crippen LogP contribution in [-0.4, -0.2) is 26.4 Å². The zero-order valence-corrected chi connectivity index (χ0v) is 12.7. The molecule has 3 nitrogen and oxygen atoms in total. The topological polar surface area (TPSA) is 30.5 Å². The smallest absolute Gasteiger partial charge is 0.119 e. The average Bonchev–Trinajstić information content (AvgIpc) is 2.46. The van der Waals surface area contributed by atoms with Crippen molar-refractivity contribution in [2.45, 2.75) is 45.2 Å². The molecule has 0 bridgehead atoms. The molecule has 0 spiro atoms. The van der Waals surface area contributed by atoms with Crippen molar-refractivity contribution in [1.82, 2.24) is 5.32 Å². The molecule has 0 heterocycles. The van der Waals surface area contributed by atoms with E-state index in [-0.39, 0.29) is 0 Å². The standard InChI is InChI=1S/C17H27NO2/c1-14-5-3-7-16(11-14)18-13-15-6-4-8-17(12-15)20-10-9-19-2/h4,6,8,12,14,16,18H,3,5,7,9-11,13H2,1-2H3. The molecule has 0 aromatic heterocycles. The molecule has 2 unspecified atom stereocenters. The van der Waals surface area contributed by atoms with E-state index in [9.17, 15) is 0 Å². The third-order valence-corrected chi connectivity index (χ3v) is 3.99. The van der Waals surface area contributed by atoms with Gasteiger partial charge in [-0.25, -0.2) is 0 Å². The molecule has 1 saturated carbocycles. The van der Waals surface area contributed by atoms with Gasteiger partial charge in [0.25, 0.3) is 0 Å². The zero-order valence-electron chi connectivity index (χ0n) is 12.7. The highest BCUT2D eigenvalue weighted by Gasteiger charge is 2.17. The maximum absolute atomic E-state index is 5.64. The lowest BCUT2D eigenvalue weighted by molar-refractivity contribution is 0.146. The van der Waals surface area contributed by atoms with Gasteiger partial charge in [-0.1, -0.05) is 31.9 Å². The summed E-state index contributed by atoms with van der Waals surface area (Å²) in [5, 5.41) is 3.68. The van der Waals surface area contributed by atoms with Gasteiger partial charge in [0.2, 0.25) is 0 Å². The van der Waals surface area contributed by atoms with E-state index in [1.54, 1.807) is 7.11 Å². The molecule has 1 fully saturated rings. The third kappa shape index (κ3) is 5.14. The van der Waals surface area contributed by atoms with Crippen LogP contribution in [0.1, 0.15) is 38.2 Å². The summed E-state index contributed by atoms with van der Waals surface area (Å²) in [7, 11) is 1.69. The first kappa shape index (κ1) is 15.3. The summed E-state index contributed by atoms with van der Waals surface area (Å²) in [4.78, 5) is 0. The van der Waals surface area contributed by atoms with Crippen LogP contribution in [0.3, 0.4) is 0 Å². The van der Waals surface area contributed by atoms with Gasteiger partial charge in [-0.2, -0.15) is 0 Å². The molecule has 0 amide bonds. The lowest BCUT2D eigenvalue weighted by Crippen LogP contribution is -2.33. The van der Waals surface area contributed by atoms with Crippen molar-refractivity contribution in [3.8, 4) is 5.75 Å². The normalized spacial score (nSPS) is 22.7. The van der Waals surface area contributed by atoms with Crippen molar-refractivity contribution in [3.05, 3.63) is 29.8 Å². The summed E-state index contributed by atoms with van der Waals surface area (Å²) in [5.41, 5.74) is 1.29. The Bertz CT molecular complexity index is 394. The van der Waals surface area contributed by atoms with Crippen LogP contribution in [0.15, 0.2) is 24.3 Å². The van der Waals surface area contributed by atoms with Gasteiger partial charge in [0.15, 0.2) is 0 Å². The third-order valence-electron chi connectivity index (χ3n) is 3.99. The molecule has 20 heavy (non-hydrogen) atoms. The van der Waals surface area contributed by atoms with E-state index in [2.05, 4.69) is 30.4 Å². The molecule has 1 aromatic rings. The molecule has 1 aliphatic carbocycles. The van der Waals surface area contributed by atoms with Crippen molar-refractivity contribution >= 4 is 0 Å². The van der Waals surface area contributed by atoms with Crippen LogP contribution < -0.4 is 10.1 Å². The second kappa shape index (κ2) is 8.28. The van der Waals surface area contributed by atoms with E-state index < -0.39 is 0 Å². The largest absolute Gasteiger partial charge is 0.491 e.